The Morgan fingerprint density at radius 2 is 1.74 bits per heavy atom. The number of fused-ring (bicyclic) bond motifs is 1. The molecule has 0 spiro atoms. The van der Waals surface area contributed by atoms with Crippen LogP contribution in [-0.2, 0) is 4.74 Å². The number of rotatable bonds is 2. The zero-order valence-electron chi connectivity index (χ0n) is 13.3. The molecule has 1 heterocycles. The van der Waals surface area contributed by atoms with Gasteiger partial charge in [0, 0.05) is 24.6 Å². The minimum atomic E-state index is -0.501. The van der Waals surface area contributed by atoms with Gasteiger partial charge in [0.25, 0.3) is 0 Å². The van der Waals surface area contributed by atoms with E-state index in [1.807, 2.05) is 20.8 Å². The van der Waals surface area contributed by atoms with Crippen molar-refractivity contribution in [3.05, 3.63) is 33.8 Å². The topological polar surface area (TPSA) is 46.6 Å². The lowest BCUT2D eigenvalue weighted by atomic mass is 10.0. The number of ether oxygens (including phenoxy) is 1. The summed E-state index contributed by atoms with van der Waals surface area (Å²) in [6.07, 6.45) is -0.301. The predicted molar refractivity (Wildman–Crippen MR) is 89.1 cm³/mol. The number of ketones is 1. The fourth-order valence-corrected chi connectivity index (χ4v) is 3.53. The summed E-state index contributed by atoms with van der Waals surface area (Å²) in [5.74, 6) is 0.516. The van der Waals surface area contributed by atoms with Gasteiger partial charge in [-0.3, -0.25) is 4.79 Å². The smallest absolute Gasteiger partial charge is 0.410 e. The molecule has 2 atom stereocenters. The molecule has 2 unspecified atom stereocenters. The number of hydrogen-bond donors (Lipinski definition) is 0. The van der Waals surface area contributed by atoms with Gasteiger partial charge in [-0.15, -0.1) is 0 Å². The molecule has 2 aliphatic rings. The number of halogens is 2. The van der Waals surface area contributed by atoms with Crippen molar-refractivity contribution in [2.75, 3.05) is 13.1 Å². The highest BCUT2D eigenvalue weighted by Crippen LogP contribution is 2.53. The molecule has 0 N–H and O–H groups in total. The number of carbonyl (C=O) groups excluding carboxylic acids is 2. The van der Waals surface area contributed by atoms with Crippen LogP contribution >= 0.6 is 23.2 Å². The highest BCUT2D eigenvalue weighted by atomic mass is 35.5. The molecule has 1 saturated heterocycles. The van der Waals surface area contributed by atoms with Gasteiger partial charge in [-0.1, -0.05) is 23.2 Å². The van der Waals surface area contributed by atoms with E-state index in [4.69, 9.17) is 27.9 Å². The van der Waals surface area contributed by atoms with Crippen molar-refractivity contribution in [1.82, 2.24) is 4.90 Å². The molecule has 3 rings (SSSR count). The van der Waals surface area contributed by atoms with Crippen molar-refractivity contribution in [2.24, 2.45) is 17.8 Å². The molecule has 124 valence electrons. The highest BCUT2D eigenvalue weighted by molar-refractivity contribution is 6.42. The number of Topliss-reactive ketones (excluding diaryl/α,β-unsaturated/α-hetero) is 1. The molecule has 1 aromatic rings. The van der Waals surface area contributed by atoms with Crippen LogP contribution in [0.3, 0.4) is 0 Å². The Kier molecular flexibility index (Phi) is 4.09. The number of carbonyl (C=O) groups is 2. The fraction of sp³-hybridized carbons (Fsp3) is 0.529. The van der Waals surface area contributed by atoms with Crippen LogP contribution in [0.4, 0.5) is 4.79 Å². The third-order valence-corrected chi connectivity index (χ3v) is 5.09. The maximum absolute atomic E-state index is 12.6. The number of amides is 1. The van der Waals surface area contributed by atoms with Gasteiger partial charge in [0.05, 0.1) is 10.0 Å². The van der Waals surface area contributed by atoms with Gasteiger partial charge < -0.3 is 9.64 Å². The third kappa shape index (κ3) is 3.33. The van der Waals surface area contributed by atoms with Gasteiger partial charge in [0.1, 0.15) is 5.60 Å². The molecule has 0 bridgehead atoms. The first-order chi connectivity index (χ1) is 10.7. The summed E-state index contributed by atoms with van der Waals surface area (Å²) in [4.78, 5) is 26.3. The molecule has 6 heteroatoms. The summed E-state index contributed by atoms with van der Waals surface area (Å²) < 4.78 is 5.37. The average Bonchev–Trinajstić information content (AvgIpc) is 2.92. The third-order valence-electron chi connectivity index (χ3n) is 4.35. The van der Waals surface area contributed by atoms with E-state index in [1.54, 1.807) is 23.1 Å². The number of likely N-dealkylation sites (tertiary alicyclic amines) is 1. The van der Waals surface area contributed by atoms with E-state index in [0.717, 1.165) is 0 Å². The normalized spacial score (nSPS) is 26.0. The van der Waals surface area contributed by atoms with Gasteiger partial charge >= 0.3 is 6.09 Å². The van der Waals surface area contributed by atoms with E-state index >= 15 is 0 Å². The summed E-state index contributed by atoms with van der Waals surface area (Å²) in [5, 5.41) is 0.828. The van der Waals surface area contributed by atoms with E-state index < -0.39 is 5.60 Å². The van der Waals surface area contributed by atoms with E-state index in [9.17, 15) is 9.59 Å². The molecule has 0 radical (unpaired) electrons. The summed E-state index contributed by atoms with van der Waals surface area (Å²) in [6, 6.07) is 4.96. The Morgan fingerprint density at radius 1 is 1.13 bits per heavy atom. The van der Waals surface area contributed by atoms with Gasteiger partial charge in [-0.2, -0.15) is 0 Å². The quantitative estimate of drug-likeness (QED) is 0.743. The van der Waals surface area contributed by atoms with Crippen molar-refractivity contribution in [1.29, 1.82) is 0 Å². The van der Waals surface area contributed by atoms with E-state index in [-0.39, 0.29) is 29.6 Å². The molecule has 23 heavy (non-hydrogen) atoms. The van der Waals surface area contributed by atoms with Gasteiger partial charge in [0.15, 0.2) is 5.78 Å². The van der Waals surface area contributed by atoms with Gasteiger partial charge in [-0.25, -0.2) is 4.79 Å². The van der Waals surface area contributed by atoms with Crippen molar-refractivity contribution < 1.29 is 14.3 Å². The van der Waals surface area contributed by atoms with Gasteiger partial charge in [-0.05, 0) is 50.8 Å². The predicted octanol–water partition coefficient (Wildman–Crippen LogP) is 4.29. The van der Waals surface area contributed by atoms with Crippen LogP contribution in [0.25, 0.3) is 0 Å². The highest BCUT2D eigenvalue weighted by Gasteiger charge is 2.60. The molecule has 1 saturated carbocycles. The number of hydrogen-bond acceptors (Lipinski definition) is 3. The molecule has 1 aromatic carbocycles. The fourth-order valence-electron chi connectivity index (χ4n) is 3.23. The van der Waals surface area contributed by atoms with Crippen LogP contribution in [0.2, 0.25) is 10.0 Å². The van der Waals surface area contributed by atoms with Crippen molar-refractivity contribution in [3.8, 4) is 0 Å². The second-order valence-electron chi connectivity index (χ2n) is 7.23. The monoisotopic (exact) mass is 355 g/mol. The lowest BCUT2D eigenvalue weighted by molar-refractivity contribution is 0.0264. The second kappa shape index (κ2) is 5.67. The minimum Gasteiger partial charge on any atom is -0.444 e. The summed E-state index contributed by atoms with van der Waals surface area (Å²) in [6.45, 7) is 6.70. The van der Waals surface area contributed by atoms with Crippen LogP contribution < -0.4 is 0 Å². The standard InChI is InChI=1S/C17H19Cl2NO3/c1-17(2,3)23-16(22)20-7-10-11(8-20)14(10)15(21)9-4-5-12(18)13(19)6-9/h4-6,10-11,14H,7-8H2,1-3H3. The molecule has 1 aliphatic carbocycles. The Balaban J connectivity index is 1.60. The Labute approximate surface area is 145 Å². The lowest BCUT2D eigenvalue weighted by Crippen LogP contribution is -2.37. The molecule has 1 aliphatic heterocycles. The average molecular weight is 356 g/mol. The zero-order valence-corrected chi connectivity index (χ0v) is 14.8. The number of piperidine rings is 1. The first-order valence-electron chi connectivity index (χ1n) is 7.64. The summed E-state index contributed by atoms with van der Waals surface area (Å²) in [7, 11) is 0. The first kappa shape index (κ1) is 16.6. The van der Waals surface area contributed by atoms with Crippen LogP contribution in [0.5, 0.6) is 0 Å². The Morgan fingerprint density at radius 3 is 2.26 bits per heavy atom. The van der Waals surface area contributed by atoms with Gasteiger partial charge in [0.2, 0.25) is 0 Å². The zero-order chi connectivity index (χ0) is 16.9. The maximum Gasteiger partial charge on any atom is 0.410 e. The summed E-state index contributed by atoms with van der Waals surface area (Å²) in [5.41, 5.74) is 0.0849. The molecule has 0 aromatic heterocycles. The van der Waals surface area contributed by atoms with Crippen LogP contribution in [0, 0.1) is 17.8 Å². The number of benzene rings is 1. The van der Waals surface area contributed by atoms with E-state index in [2.05, 4.69) is 0 Å². The SMILES string of the molecule is CC(C)(C)OC(=O)N1CC2C(C1)C2C(=O)c1ccc(Cl)c(Cl)c1. The maximum atomic E-state index is 12.6. The largest absolute Gasteiger partial charge is 0.444 e. The van der Waals surface area contributed by atoms with Crippen LogP contribution in [0.15, 0.2) is 18.2 Å². The Hall–Kier alpha value is -1.26. The first-order valence-corrected chi connectivity index (χ1v) is 8.40. The second-order valence-corrected chi connectivity index (χ2v) is 8.05. The van der Waals surface area contributed by atoms with Crippen LogP contribution in [-0.4, -0.2) is 35.5 Å². The van der Waals surface area contributed by atoms with Crippen molar-refractivity contribution >= 4 is 35.1 Å². The molecule has 1 amide bonds. The molecule has 2 fully saturated rings. The summed E-state index contributed by atoms with van der Waals surface area (Å²) >= 11 is 11.9. The molecular formula is C17H19Cl2NO3. The van der Waals surface area contributed by atoms with Crippen LogP contribution in [0.1, 0.15) is 31.1 Å². The van der Waals surface area contributed by atoms with Crippen molar-refractivity contribution in [2.45, 2.75) is 26.4 Å². The Bertz CT molecular complexity index is 656. The van der Waals surface area contributed by atoms with Crippen molar-refractivity contribution in [3.63, 3.8) is 0 Å². The number of nitrogens with zero attached hydrogens (tertiary/aromatic N) is 1. The van der Waals surface area contributed by atoms with E-state index in [0.29, 0.717) is 28.7 Å². The minimum absolute atomic E-state index is 0.0223. The van der Waals surface area contributed by atoms with E-state index in [1.165, 1.54) is 0 Å². The lowest BCUT2D eigenvalue weighted by Gasteiger charge is -2.25. The molecular weight excluding hydrogens is 337 g/mol. The molecule has 4 nitrogen and oxygen atoms in total.